The lowest BCUT2D eigenvalue weighted by molar-refractivity contribution is -0.0508. The molecule has 0 aliphatic carbocycles. The Balaban J connectivity index is 2.60. The summed E-state index contributed by atoms with van der Waals surface area (Å²) in [6.07, 6.45) is -0.613. The molecule has 6 heteroatoms. The number of benzene rings is 1. The molecule has 0 spiro atoms. The summed E-state index contributed by atoms with van der Waals surface area (Å²) in [6.45, 7) is -1.81. The Kier molecular flexibility index (Phi) is 6.69. The van der Waals surface area contributed by atoms with Crippen LogP contribution in [0.3, 0.4) is 0 Å². The van der Waals surface area contributed by atoms with Gasteiger partial charge in [-0.15, -0.1) is 0 Å². The lowest BCUT2D eigenvalue weighted by Crippen LogP contribution is -2.31. The summed E-state index contributed by atoms with van der Waals surface area (Å²) in [7, 11) is 3.30. The predicted molar refractivity (Wildman–Crippen MR) is 67.3 cm³/mol. The van der Waals surface area contributed by atoms with Gasteiger partial charge in [0.1, 0.15) is 5.75 Å². The molecule has 19 heavy (non-hydrogen) atoms. The monoisotopic (exact) mass is 275 g/mol. The van der Waals surface area contributed by atoms with Crippen LogP contribution < -0.4 is 4.74 Å². The van der Waals surface area contributed by atoms with Crippen LogP contribution in [0.4, 0.5) is 8.78 Å². The molecule has 1 aromatic rings. The maximum atomic E-state index is 12.3. The molecule has 0 saturated carbocycles. The van der Waals surface area contributed by atoms with Gasteiger partial charge in [-0.25, -0.2) is 0 Å². The van der Waals surface area contributed by atoms with Crippen molar-refractivity contribution in [1.82, 2.24) is 4.90 Å². The molecular formula is C13H19F2NO3. The van der Waals surface area contributed by atoms with Crippen molar-refractivity contribution < 1.29 is 23.4 Å². The highest BCUT2D eigenvalue weighted by atomic mass is 19.3. The molecule has 0 bridgehead atoms. The van der Waals surface area contributed by atoms with Gasteiger partial charge in [0.15, 0.2) is 0 Å². The Hall–Kier alpha value is -1.24. The van der Waals surface area contributed by atoms with Crippen LogP contribution in [0.5, 0.6) is 5.75 Å². The number of aliphatic hydroxyl groups is 1. The van der Waals surface area contributed by atoms with Crippen LogP contribution in [0.1, 0.15) is 5.56 Å². The van der Waals surface area contributed by atoms with Crippen LogP contribution in [0.25, 0.3) is 0 Å². The third kappa shape index (κ3) is 5.96. The standard InChI is InChI=1S/C13H19F2NO3/c1-16(8-11(17)9-18-2)7-10-5-3-4-6-12(10)19-13(14)15/h3-6,11,13,17H,7-9H2,1-2H3. The summed E-state index contributed by atoms with van der Waals surface area (Å²) in [4.78, 5) is 1.82. The first kappa shape index (κ1) is 15.8. The fraction of sp³-hybridized carbons (Fsp3) is 0.538. The second kappa shape index (κ2) is 8.04. The van der Waals surface area contributed by atoms with E-state index < -0.39 is 12.7 Å². The Labute approximate surface area is 111 Å². The van der Waals surface area contributed by atoms with Gasteiger partial charge in [-0.2, -0.15) is 8.78 Å². The predicted octanol–water partition coefficient (Wildman–Crippen LogP) is 1.73. The largest absolute Gasteiger partial charge is 0.434 e. The highest BCUT2D eigenvalue weighted by Crippen LogP contribution is 2.21. The van der Waals surface area contributed by atoms with Crippen LogP contribution in [0.2, 0.25) is 0 Å². The van der Waals surface area contributed by atoms with Crippen LogP contribution in [-0.2, 0) is 11.3 Å². The van der Waals surface area contributed by atoms with Gasteiger partial charge < -0.3 is 14.6 Å². The molecule has 1 N–H and O–H groups in total. The van der Waals surface area contributed by atoms with Crippen LogP contribution in [0.15, 0.2) is 24.3 Å². The maximum Gasteiger partial charge on any atom is 0.387 e. The number of methoxy groups -OCH3 is 1. The quantitative estimate of drug-likeness (QED) is 0.784. The molecule has 0 aliphatic rings. The van der Waals surface area contributed by atoms with E-state index in [1.807, 2.05) is 4.90 Å². The molecule has 0 aromatic heterocycles. The second-order valence-corrected chi connectivity index (χ2v) is 4.29. The summed E-state index contributed by atoms with van der Waals surface area (Å²) in [5.74, 6) is 0.158. The molecule has 4 nitrogen and oxygen atoms in total. The lowest BCUT2D eigenvalue weighted by Gasteiger charge is -2.21. The first-order chi connectivity index (χ1) is 9.02. The minimum absolute atomic E-state index is 0.158. The molecule has 1 rings (SSSR count). The van der Waals surface area contributed by atoms with E-state index in [1.165, 1.54) is 13.2 Å². The highest BCUT2D eigenvalue weighted by molar-refractivity contribution is 5.33. The van der Waals surface area contributed by atoms with Crippen molar-refractivity contribution >= 4 is 0 Å². The number of likely N-dealkylation sites (N-methyl/N-ethyl adjacent to an activating group) is 1. The van der Waals surface area contributed by atoms with Gasteiger partial charge in [-0.1, -0.05) is 18.2 Å². The zero-order valence-electron chi connectivity index (χ0n) is 11.1. The van der Waals surface area contributed by atoms with E-state index in [4.69, 9.17) is 4.74 Å². The van der Waals surface area contributed by atoms with Crippen LogP contribution in [0, 0.1) is 0 Å². The smallest absolute Gasteiger partial charge is 0.387 e. The fourth-order valence-corrected chi connectivity index (χ4v) is 1.81. The van der Waals surface area contributed by atoms with Gasteiger partial charge in [-0.3, -0.25) is 4.90 Å². The Morgan fingerprint density at radius 1 is 1.32 bits per heavy atom. The Morgan fingerprint density at radius 3 is 2.63 bits per heavy atom. The topological polar surface area (TPSA) is 41.9 Å². The van der Waals surface area contributed by atoms with Crippen molar-refractivity contribution in [3.8, 4) is 5.75 Å². The number of hydrogen-bond donors (Lipinski definition) is 1. The first-order valence-corrected chi connectivity index (χ1v) is 5.91. The minimum atomic E-state index is -2.84. The molecular weight excluding hydrogens is 256 g/mol. The van der Waals surface area contributed by atoms with Crippen molar-refractivity contribution in [1.29, 1.82) is 0 Å². The molecule has 108 valence electrons. The minimum Gasteiger partial charge on any atom is -0.434 e. The second-order valence-electron chi connectivity index (χ2n) is 4.29. The number of rotatable bonds is 8. The number of ether oxygens (including phenoxy) is 2. The van der Waals surface area contributed by atoms with Crippen molar-refractivity contribution in [3.05, 3.63) is 29.8 Å². The Morgan fingerprint density at radius 2 is 2.00 bits per heavy atom. The van der Waals surface area contributed by atoms with Gasteiger partial charge >= 0.3 is 6.61 Å². The first-order valence-electron chi connectivity index (χ1n) is 5.91. The summed E-state index contributed by atoms with van der Waals surface area (Å²) >= 11 is 0. The summed E-state index contributed by atoms with van der Waals surface area (Å²) < 4.78 is 33.8. The molecule has 0 aliphatic heterocycles. The molecule has 1 atom stereocenters. The maximum absolute atomic E-state index is 12.3. The van der Waals surface area contributed by atoms with Gasteiger partial charge in [0.2, 0.25) is 0 Å². The molecule has 0 fully saturated rings. The summed E-state index contributed by atoms with van der Waals surface area (Å²) in [5, 5.41) is 9.59. The van der Waals surface area contributed by atoms with Gasteiger partial charge in [0, 0.05) is 25.8 Å². The van der Waals surface area contributed by atoms with Gasteiger partial charge in [0.25, 0.3) is 0 Å². The lowest BCUT2D eigenvalue weighted by atomic mass is 10.2. The average Bonchev–Trinajstić information content (AvgIpc) is 2.31. The third-order valence-electron chi connectivity index (χ3n) is 2.51. The van der Waals surface area contributed by atoms with Gasteiger partial charge in [-0.05, 0) is 13.1 Å². The van der Waals surface area contributed by atoms with E-state index in [-0.39, 0.29) is 12.4 Å². The molecule has 0 amide bonds. The molecule has 1 unspecified atom stereocenters. The van der Waals surface area contributed by atoms with Crippen LogP contribution in [-0.4, -0.2) is 50.0 Å². The molecule has 0 heterocycles. The molecule has 0 saturated heterocycles. The van der Waals surface area contributed by atoms with Crippen molar-refractivity contribution in [2.45, 2.75) is 19.3 Å². The average molecular weight is 275 g/mol. The molecule has 1 aromatic carbocycles. The number of hydrogen-bond acceptors (Lipinski definition) is 4. The SMILES string of the molecule is COCC(O)CN(C)Cc1ccccc1OC(F)F. The van der Waals surface area contributed by atoms with E-state index >= 15 is 0 Å². The van der Waals surface area contributed by atoms with E-state index in [1.54, 1.807) is 25.2 Å². The fourth-order valence-electron chi connectivity index (χ4n) is 1.81. The normalized spacial score (nSPS) is 13.0. The number of para-hydroxylation sites is 1. The van der Waals surface area contributed by atoms with Crippen molar-refractivity contribution in [2.75, 3.05) is 27.3 Å². The van der Waals surface area contributed by atoms with E-state index in [0.717, 1.165) is 0 Å². The zero-order valence-corrected chi connectivity index (χ0v) is 11.1. The zero-order chi connectivity index (χ0) is 14.3. The van der Waals surface area contributed by atoms with E-state index in [9.17, 15) is 13.9 Å². The van der Waals surface area contributed by atoms with Gasteiger partial charge in [0.05, 0.1) is 12.7 Å². The number of nitrogens with zero attached hydrogens (tertiary/aromatic N) is 1. The van der Waals surface area contributed by atoms with Crippen LogP contribution >= 0.6 is 0 Å². The summed E-state index contributed by atoms with van der Waals surface area (Å²) in [6, 6.07) is 6.62. The Bertz CT molecular complexity index is 377. The van der Waals surface area contributed by atoms with Crippen molar-refractivity contribution in [2.24, 2.45) is 0 Å². The van der Waals surface area contributed by atoms with E-state index in [2.05, 4.69) is 4.74 Å². The number of alkyl halides is 2. The highest BCUT2D eigenvalue weighted by Gasteiger charge is 2.13. The summed E-state index contributed by atoms with van der Waals surface area (Å²) in [5.41, 5.74) is 0.648. The molecule has 0 radical (unpaired) electrons. The third-order valence-corrected chi connectivity index (χ3v) is 2.51. The van der Waals surface area contributed by atoms with Crippen molar-refractivity contribution in [3.63, 3.8) is 0 Å². The number of halogens is 2. The van der Waals surface area contributed by atoms with E-state index in [0.29, 0.717) is 18.7 Å². The number of aliphatic hydroxyl groups excluding tert-OH is 1.